The van der Waals surface area contributed by atoms with Crippen LogP contribution in [0.5, 0.6) is 0 Å². The van der Waals surface area contributed by atoms with Crippen LogP contribution in [0.3, 0.4) is 0 Å². The van der Waals surface area contributed by atoms with Crippen molar-refractivity contribution in [3.63, 3.8) is 0 Å². The highest BCUT2D eigenvalue weighted by molar-refractivity contribution is 7.80. The zero-order valence-corrected chi connectivity index (χ0v) is 23.3. The van der Waals surface area contributed by atoms with Crippen molar-refractivity contribution in [1.82, 2.24) is 0 Å². The molecule has 12 heteroatoms. The Kier molecular flexibility index (Phi) is 40.0. The quantitative estimate of drug-likeness (QED) is 0.0479. The molecule has 8 nitrogen and oxygen atoms in total. The molecule has 0 rings (SSSR count). The van der Waals surface area contributed by atoms with Gasteiger partial charge in [0.1, 0.15) is 6.79 Å². The highest BCUT2D eigenvalue weighted by atomic mass is 32.1. The zero-order chi connectivity index (χ0) is 25.5. The van der Waals surface area contributed by atoms with Gasteiger partial charge in [0, 0.05) is 23.9 Å². The van der Waals surface area contributed by atoms with Crippen LogP contribution in [0, 0.1) is 5.41 Å². The average molecular weight is 553 g/mol. The molecule has 0 aromatic rings. The fourth-order valence-corrected chi connectivity index (χ4v) is 2.58. The molecule has 0 bridgehead atoms. The maximum absolute atomic E-state index is 8.00. The lowest BCUT2D eigenvalue weighted by Gasteiger charge is -2.32. The summed E-state index contributed by atoms with van der Waals surface area (Å²) in [6.45, 7) is 13.6. The van der Waals surface area contributed by atoms with E-state index in [9.17, 15) is 0 Å². The van der Waals surface area contributed by atoms with Gasteiger partial charge < -0.3 is 28.5 Å². The molecule has 0 aromatic carbocycles. The summed E-state index contributed by atoms with van der Waals surface area (Å²) < 4.78 is 28.3. The molecule has 0 aliphatic carbocycles. The number of carbonyl (C=O) groups is 1. The summed E-state index contributed by atoms with van der Waals surface area (Å²) >= 11 is 16.6. The summed E-state index contributed by atoms with van der Waals surface area (Å²) in [5.41, 5.74) is -0.514. The molecule has 0 atom stereocenters. The first-order valence-corrected chi connectivity index (χ1v) is 13.1. The summed E-state index contributed by atoms with van der Waals surface area (Å²) in [4.78, 5) is 18.6. The molecule has 0 saturated heterocycles. The SMILES string of the molecule is C=C.C=O.SCCCOCC(COCCOCCS)(COCCOCCS)COOCCS. The largest absolute Gasteiger partial charge is 0.381 e. The van der Waals surface area contributed by atoms with Crippen molar-refractivity contribution in [2.24, 2.45) is 5.41 Å². The maximum atomic E-state index is 8.00. The van der Waals surface area contributed by atoms with Crippen molar-refractivity contribution in [3.05, 3.63) is 13.2 Å². The van der Waals surface area contributed by atoms with E-state index in [1.165, 1.54) is 0 Å². The minimum absolute atomic E-state index is 0.274. The number of carbonyl (C=O) groups excluding carboxylic acids is 1. The van der Waals surface area contributed by atoms with Gasteiger partial charge in [-0.15, -0.1) is 13.2 Å². The van der Waals surface area contributed by atoms with E-state index in [0.29, 0.717) is 89.9 Å². The van der Waals surface area contributed by atoms with Gasteiger partial charge in [0.25, 0.3) is 0 Å². The number of rotatable bonds is 24. The third-order valence-corrected chi connectivity index (χ3v) is 4.37. The molecule has 0 radical (unpaired) electrons. The molecule has 0 aliphatic rings. The van der Waals surface area contributed by atoms with E-state index in [2.05, 4.69) is 63.7 Å². The summed E-state index contributed by atoms with van der Waals surface area (Å²) in [5, 5.41) is 0. The van der Waals surface area contributed by atoms with Crippen molar-refractivity contribution in [3.8, 4) is 0 Å². The second-order valence-electron chi connectivity index (χ2n) is 6.21. The minimum atomic E-state index is -0.514. The Morgan fingerprint density at radius 3 is 1.33 bits per heavy atom. The molecule has 33 heavy (non-hydrogen) atoms. The van der Waals surface area contributed by atoms with Crippen LogP contribution in [-0.2, 0) is 38.3 Å². The highest BCUT2D eigenvalue weighted by Crippen LogP contribution is 2.21. The lowest BCUT2D eigenvalue weighted by molar-refractivity contribution is -0.315. The number of hydrogen-bond acceptors (Lipinski definition) is 12. The van der Waals surface area contributed by atoms with Crippen LogP contribution in [0.2, 0.25) is 0 Å². The van der Waals surface area contributed by atoms with E-state index in [1.807, 2.05) is 6.79 Å². The monoisotopic (exact) mass is 552 g/mol. The molecule has 0 aromatic heterocycles. The van der Waals surface area contributed by atoms with E-state index in [-0.39, 0.29) is 6.61 Å². The van der Waals surface area contributed by atoms with E-state index in [1.54, 1.807) is 0 Å². The van der Waals surface area contributed by atoms with Gasteiger partial charge in [-0.3, -0.25) is 0 Å². The minimum Gasteiger partial charge on any atom is -0.381 e. The fourth-order valence-electron chi connectivity index (χ4n) is 2.11. The van der Waals surface area contributed by atoms with Gasteiger partial charge in [0.2, 0.25) is 0 Å². The Balaban J connectivity index is -0.00000212. The normalized spacial score (nSPS) is 10.8. The third kappa shape index (κ3) is 28.7. The smallest absolute Gasteiger partial charge is 0.106 e. The van der Waals surface area contributed by atoms with Crippen LogP contribution in [0.15, 0.2) is 13.2 Å². The zero-order valence-electron chi connectivity index (χ0n) is 19.7. The van der Waals surface area contributed by atoms with E-state index >= 15 is 0 Å². The predicted molar refractivity (Wildman–Crippen MR) is 147 cm³/mol. The van der Waals surface area contributed by atoms with Crippen LogP contribution >= 0.6 is 50.5 Å². The Morgan fingerprint density at radius 2 is 0.909 bits per heavy atom. The van der Waals surface area contributed by atoms with Crippen molar-refractivity contribution in [1.29, 1.82) is 0 Å². The molecule has 0 amide bonds. The molecule has 0 unspecified atom stereocenters. The Labute approximate surface area is 222 Å². The van der Waals surface area contributed by atoms with Gasteiger partial charge in [0.05, 0.1) is 78.1 Å². The van der Waals surface area contributed by atoms with Crippen molar-refractivity contribution in [2.75, 3.05) is 102 Å². The van der Waals surface area contributed by atoms with Crippen LogP contribution in [0.4, 0.5) is 0 Å². The van der Waals surface area contributed by atoms with E-state index in [4.69, 9.17) is 38.3 Å². The lowest BCUT2D eigenvalue weighted by atomic mass is 9.92. The Morgan fingerprint density at radius 1 is 0.485 bits per heavy atom. The first kappa shape index (κ1) is 38.1. The molecular weight excluding hydrogens is 508 g/mol. The van der Waals surface area contributed by atoms with E-state index < -0.39 is 5.41 Å². The molecule has 0 N–H and O–H groups in total. The summed E-state index contributed by atoms with van der Waals surface area (Å²) in [7, 11) is 0. The molecular formula is C21H44O8S4. The van der Waals surface area contributed by atoms with Gasteiger partial charge in [0.15, 0.2) is 0 Å². The van der Waals surface area contributed by atoms with Gasteiger partial charge in [-0.05, 0) is 12.2 Å². The topological polar surface area (TPSA) is 81.7 Å². The first-order valence-electron chi connectivity index (χ1n) is 10.6. The van der Waals surface area contributed by atoms with E-state index in [0.717, 1.165) is 12.2 Å². The summed E-state index contributed by atoms with van der Waals surface area (Å²) in [6, 6.07) is 0. The average Bonchev–Trinajstić information content (AvgIpc) is 2.86. The lowest BCUT2D eigenvalue weighted by Crippen LogP contribution is -2.42. The third-order valence-electron chi connectivity index (χ3n) is 3.51. The van der Waals surface area contributed by atoms with Gasteiger partial charge in [-0.1, -0.05) is 0 Å². The predicted octanol–water partition coefficient (Wildman–Crippen LogP) is 2.73. The number of thiol groups is 4. The molecule has 0 aliphatic heterocycles. The van der Waals surface area contributed by atoms with Crippen LogP contribution < -0.4 is 0 Å². The van der Waals surface area contributed by atoms with Crippen LogP contribution in [0.1, 0.15) is 6.42 Å². The molecule has 0 saturated carbocycles. The second kappa shape index (κ2) is 34.7. The number of hydrogen-bond donors (Lipinski definition) is 4. The molecule has 0 heterocycles. The summed E-state index contributed by atoms with van der Waals surface area (Å²) in [5.74, 6) is 2.71. The Hall–Kier alpha value is 0.530. The highest BCUT2D eigenvalue weighted by Gasteiger charge is 2.33. The van der Waals surface area contributed by atoms with Gasteiger partial charge >= 0.3 is 0 Å². The van der Waals surface area contributed by atoms with Gasteiger partial charge in [-0.2, -0.15) is 50.5 Å². The first-order chi connectivity index (χ1) is 16.2. The molecule has 200 valence electrons. The second-order valence-corrected chi connectivity index (χ2v) is 8.00. The standard InChI is InChI=1S/C18H38O7S4.C2H4.CH2O/c26-10-1-2-21-14-18(17-25-24-9-13-29,15-22-5-3-19-7-11-27)16-23-6-4-20-8-12-28;2*1-2/h26-29H,1-17H2;1-2H2;1H2. The van der Waals surface area contributed by atoms with Crippen molar-refractivity contribution < 1.29 is 38.3 Å². The number of ether oxygens (including phenoxy) is 5. The molecule has 0 fully saturated rings. The Bertz CT molecular complexity index is 328. The summed E-state index contributed by atoms with van der Waals surface area (Å²) in [6.07, 6.45) is 0.868. The fraction of sp³-hybridized carbons (Fsp3) is 0.857. The maximum Gasteiger partial charge on any atom is 0.106 e. The van der Waals surface area contributed by atoms with Crippen LogP contribution in [-0.4, -0.2) is 109 Å². The van der Waals surface area contributed by atoms with Crippen molar-refractivity contribution >= 4 is 57.3 Å². The van der Waals surface area contributed by atoms with Crippen LogP contribution in [0.25, 0.3) is 0 Å². The molecule has 0 spiro atoms. The van der Waals surface area contributed by atoms with Gasteiger partial charge in [-0.25, -0.2) is 9.78 Å². The van der Waals surface area contributed by atoms with Crippen molar-refractivity contribution in [2.45, 2.75) is 6.42 Å².